The summed E-state index contributed by atoms with van der Waals surface area (Å²) in [6.07, 6.45) is 0.465. The third-order valence-corrected chi connectivity index (χ3v) is 8.27. The first-order chi connectivity index (χ1) is 19.5. The van der Waals surface area contributed by atoms with Gasteiger partial charge in [0, 0.05) is 18.0 Å². The molecule has 0 saturated carbocycles. The van der Waals surface area contributed by atoms with Crippen LogP contribution < -0.4 is 19.1 Å². The van der Waals surface area contributed by atoms with Gasteiger partial charge in [-0.2, -0.15) is 4.98 Å². The van der Waals surface area contributed by atoms with Crippen molar-refractivity contribution in [3.63, 3.8) is 0 Å². The number of sulfonamides is 1. The van der Waals surface area contributed by atoms with Crippen LogP contribution >= 0.6 is 11.6 Å². The summed E-state index contributed by atoms with van der Waals surface area (Å²) in [5.74, 6) is 1.24. The van der Waals surface area contributed by atoms with Gasteiger partial charge >= 0.3 is 0 Å². The topological polar surface area (TPSA) is 124 Å². The molecule has 1 heterocycles. The Balaban J connectivity index is 1.58. The average Bonchev–Trinajstić information content (AvgIpc) is 3.41. The number of aryl methyl sites for hydroxylation is 1. The Hall–Kier alpha value is -4.09. The molecule has 0 aliphatic heterocycles. The van der Waals surface area contributed by atoms with Crippen LogP contribution in [0.1, 0.15) is 42.6 Å². The van der Waals surface area contributed by atoms with E-state index in [9.17, 15) is 13.2 Å². The van der Waals surface area contributed by atoms with Gasteiger partial charge in [0.15, 0.2) is 5.82 Å². The van der Waals surface area contributed by atoms with E-state index < -0.39 is 22.5 Å². The van der Waals surface area contributed by atoms with Crippen molar-refractivity contribution in [2.75, 3.05) is 30.4 Å². The van der Waals surface area contributed by atoms with Crippen LogP contribution in [0.25, 0.3) is 0 Å². The van der Waals surface area contributed by atoms with Crippen LogP contribution in [0.15, 0.2) is 70.1 Å². The van der Waals surface area contributed by atoms with E-state index in [1.165, 1.54) is 38.5 Å². The van der Waals surface area contributed by atoms with Crippen molar-refractivity contribution in [2.45, 2.75) is 38.0 Å². The summed E-state index contributed by atoms with van der Waals surface area (Å²) in [5, 5.41) is 6.97. The standard InChI is InChI=1S/C29H31ClN4O6S/c1-18(2)29-32-27(33-40-29)15-20-7-9-21(10-8-20)31-28(35)17-34(22-11-13-24(38-4)23(30)16-22)41(36,37)26-14-19(3)6-12-25(26)39-5/h6-14,16,18H,15,17H2,1-5H3,(H,31,35). The van der Waals surface area contributed by atoms with Gasteiger partial charge in [-0.05, 0) is 60.5 Å². The summed E-state index contributed by atoms with van der Waals surface area (Å²) < 4.78 is 44.7. The van der Waals surface area contributed by atoms with Gasteiger partial charge < -0.3 is 19.3 Å². The number of nitrogens with one attached hydrogen (secondary N) is 1. The van der Waals surface area contributed by atoms with Gasteiger partial charge in [-0.25, -0.2) is 8.42 Å². The fraction of sp³-hybridized carbons (Fsp3) is 0.276. The number of ether oxygens (including phenoxy) is 2. The van der Waals surface area contributed by atoms with Crippen LogP contribution in [0, 0.1) is 6.92 Å². The van der Waals surface area contributed by atoms with Gasteiger partial charge in [-0.3, -0.25) is 9.10 Å². The number of aromatic nitrogens is 2. The fourth-order valence-electron chi connectivity index (χ4n) is 4.02. The first kappa shape index (κ1) is 29.9. The summed E-state index contributed by atoms with van der Waals surface area (Å²) >= 11 is 6.32. The van der Waals surface area contributed by atoms with Crippen LogP contribution in [-0.4, -0.2) is 45.2 Å². The Morgan fingerprint density at radius 1 is 1.02 bits per heavy atom. The Morgan fingerprint density at radius 2 is 1.71 bits per heavy atom. The lowest BCUT2D eigenvalue weighted by molar-refractivity contribution is -0.114. The number of hydrogen-bond donors (Lipinski definition) is 1. The molecule has 0 saturated heterocycles. The predicted octanol–water partition coefficient (Wildman–Crippen LogP) is 5.60. The van der Waals surface area contributed by atoms with Crippen molar-refractivity contribution < 1.29 is 27.2 Å². The molecule has 216 valence electrons. The van der Waals surface area contributed by atoms with Crippen molar-refractivity contribution >= 4 is 38.9 Å². The molecule has 3 aromatic carbocycles. The summed E-state index contributed by atoms with van der Waals surface area (Å²) in [7, 11) is -1.42. The van der Waals surface area contributed by atoms with E-state index in [0.717, 1.165) is 9.87 Å². The summed E-state index contributed by atoms with van der Waals surface area (Å²) in [6.45, 7) is 5.19. The Bertz CT molecular complexity index is 1640. The van der Waals surface area contributed by atoms with Crippen LogP contribution in [-0.2, 0) is 21.2 Å². The molecule has 0 atom stereocenters. The lowest BCUT2D eigenvalue weighted by Crippen LogP contribution is -2.38. The largest absolute Gasteiger partial charge is 0.495 e. The number of hydrogen-bond acceptors (Lipinski definition) is 8. The quantitative estimate of drug-likeness (QED) is 0.237. The van der Waals surface area contributed by atoms with Crippen molar-refractivity contribution in [1.29, 1.82) is 0 Å². The summed E-state index contributed by atoms with van der Waals surface area (Å²) in [6, 6.07) is 16.4. The number of halogens is 1. The number of nitrogens with zero attached hydrogens (tertiary/aromatic N) is 3. The van der Waals surface area contributed by atoms with E-state index >= 15 is 0 Å². The number of methoxy groups -OCH3 is 2. The minimum atomic E-state index is -4.26. The van der Waals surface area contributed by atoms with Crippen molar-refractivity contribution in [3.05, 3.63) is 88.5 Å². The molecule has 0 fully saturated rings. The van der Waals surface area contributed by atoms with Gasteiger partial charge in [-0.15, -0.1) is 0 Å². The molecule has 1 aromatic heterocycles. The highest BCUT2D eigenvalue weighted by Gasteiger charge is 2.31. The minimum Gasteiger partial charge on any atom is -0.495 e. The molecule has 12 heteroatoms. The van der Waals surface area contributed by atoms with Gasteiger partial charge in [0.2, 0.25) is 11.8 Å². The first-order valence-electron chi connectivity index (χ1n) is 12.7. The second-order valence-corrected chi connectivity index (χ2v) is 11.8. The number of carbonyl (C=O) groups excluding carboxylic acids is 1. The molecule has 4 rings (SSSR count). The molecule has 0 bridgehead atoms. The van der Waals surface area contributed by atoms with E-state index in [1.807, 2.05) is 26.0 Å². The summed E-state index contributed by atoms with van der Waals surface area (Å²) in [5.41, 5.74) is 2.31. The SMILES string of the molecule is COc1ccc(N(CC(=O)Nc2ccc(Cc3noc(C(C)C)n3)cc2)S(=O)(=O)c2cc(C)ccc2OC)cc1Cl. The lowest BCUT2D eigenvalue weighted by Gasteiger charge is -2.25. The Morgan fingerprint density at radius 3 is 2.32 bits per heavy atom. The molecule has 1 amide bonds. The molecular formula is C29H31ClN4O6S. The highest BCUT2D eigenvalue weighted by Crippen LogP contribution is 2.34. The third kappa shape index (κ3) is 6.98. The number of carbonyl (C=O) groups is 1. The van der Waals surface area contributed by atoms with E-state index in [2.05, 4.69) is 15.5 Å². The molecule has 0 spiro atoms. The second kappa shape index (κ2) is 12.6. The third-order valence-electron chi connectivity index (χ3n) is 6.18. The van der Waals surface area contributed by atoms with Crippen LogP contribution in [0.2, 0.25) is 5.02 Å². The molecular weight excluding hydrogens is 568 g/mol. The molecule has 10 nitrogen and oxygen atoms in total. The van der Waals surface area contributed by atoms with Gasteiger partial charge in [0.05, 0.1) is 24.9 Å². The normalized spacial score (nSPS) is 11.4. The number of rotatable bonds is 11. The fourth-order valence-corrected chi connectivity index (χ4v) is 5.93. The molecule has 41 heavy (non-hydrogen) atoms. The van der Waals surface area contributed by atoms with Crippen molar-refractivity contribution in [2.24, 2.45) is 0 Å². The zero-order chi connectivity index (χ0) is 29.7. The second-order valence-electron chi connectivity index (χ2n) is 9.61. The van der Waals surface area contributed by atoms with Gasteiger partial charge in [-0.1, -0.05) is 48.8 Å². The zero-order valence-electron chi connectivity index (χ0n) is 23.3. The molecule has 0 aliphatic rings. The smallest absolute Gasteiger partial charge is 0.268 e. The number of anilines is 2. The maximum absolute atomic E-state index is 14.0. The molecule has 1 N–H and O–H groups in total. The minimum absolute atomic E-state index is 0.0776. The van der Waals surface area contributed by atoms with E-state index in [0.29, 0.717) is 35.1 Å². The molecule has 4 aromatic rings. The molecule has 0 aliphatic carbocycles. The van der Waals surface area contributed by atoms with E-state index in [4.69, 9.17) is 25.6 Å². The van der Waals surface area contributed by atoms with Crippen LogP contribution in [0.5, 0.6) is 11.5 Å². The van der Waals surface area contributed by atoms with Gasteiger partial charge in [0.1, 0.15) is 22.9 Å². The molecule has 0 radical (unpaired) electrons. The Labute approximate surface area is 244 Å². The number of amides is 1. The lowest BCUT2D eigenvalue weighted by atomic mass is 10.1. The highest BCUT2D eigenvalue weighted by atomic mass is 35.5. The predicted molar refractivity (Wildman–Crippen MR) is 157 cm³/mol. The van der Waals surface area contributed by atoms with E-state index in [-0.39, 0.29) is 27.3 Å². The first-order valence-corrected chi connectivity index (χ1v) is 14.6. The van der Waals surface area contributed by atoms with E-state index in [1.54, 1.807) is 31.2 Å². The maximum atomic E-state index is 14.0. The highest BCUT2D eigenvalue weighted by molar-refractivity contribution is 7.93. The van der Waals surface area contributed by atoms with Crippen molar-refractivity contribution in [3.8, 4) is 11.5 Å². The van der Waals surface area contributed by atoms with Crippen LogP contribution in [0.3, 0.4) is 0 Å². The maximum Gasteiger partial charge on any atom is 0.268 e. The zero-order valence-corrected chi connectivity index (χ0v) is 24.9. The number of benzene rings is 3. The van der Waals surface area contributed by atoms with Crippen molar-refractivity contribution in [1.82, 2.24) is 10.1 Å². The van der Waals surface area contributed by atoms with Crippen LogP contribution in [0.4, 0.5) is 11.4 Å². The monoisotopic (exact) mass is 598 g/mol. The average molecular weight is 599 g/mol. The summed E-state index contributed by atoms with van der Waals surface area (Å²) in [4.78, 5) is 17.5. The molecule has 0 unspecified atom stereocenters. The Kier molecular flexibility index (Phi) is 9.19. The van der Waals surface area contributed by atoms with Gasteiger partial charge in [0.25, 0.3) is 10.0 Å².